The Balaban J connectivity index is 0.00000324. The van der Waals surface area contributed by atoms with Gasteiger partial charge in [0.05, 0.1) is 30.4 Å². The standard InChI is InChI=1S/C25H25FN2O5.CH4/c1-13(29)18(24(31)32-4)10-16-7-5-14(12-27-16)19-11-21(33-25(19,2)3)22-17-8-6-15(26)9-20(17)28-23(22)30;/h5-9,11-13,18,29H,10H2,1-4H3,(H,28,30);1H4/b22-21+;/t13-,18+;/m1./s1. The molecule has 3 heterocycles. The Hall–Kier alpha value is -3.52. The highest BCUT2D eigenvalue weighted by atomic mass is 19.1. The summed E-state index contributed by atoms with van der Waals surface area (Å²) >= 11 is 0. The van der Waals surface area contributed by atoms with E-state index in [1.54, 1.807) is 31.3 Å². The van der Waals surface area contributed by atoms with Gasteiger partial charge in [-0.1, -0.05) is 13.5 Å². The number of amides is 1. The minimum Gasteiger partial charge on any atom is -0.482 e. The number of carbonyl (C=O) groups is 2. The van der Waals surface area contributed by atoms with Crippen molar-refractivity contribution in [3.05, 3.63) is 71.0 Å². The van der Waals surface area contributed by atoms with E-state index >= 15 is 0 Å². The molecule has 0 aliphatic carbocycles. The number of ether oxygens (including phenoxy) is 2. The Labute approximate surface area is 198 Å². The van der Waals surface area contributed by atoms with E-state index in [-0.39, 0.29) is 19.8 Å². The van der Waals surface area contributed by atoms with Gasteiger partial charge in [0.2, 0.25) is 0 Å². The fourth-order valence-electron chi connectivity index (χ4n) is 4.14. The predicted molar refractivity (Wildman–Crippen MR) is 127 cm³/mol. The molecule has 0 bridgehead atoms. The SMILES string of the molecule is C.COC(=O)[C@@H](Cc1ccc(C2=C/C(=C3\C(=O)Nc4cc(F)ccc43)OC2(C)C)cn1)[C@@H](C)O. The zero-order chi connectivity index (χ0) is 23.9. The highest BCUT2D eigenvalue weighted by Crippen LogP contribution is 2.44. The number of aromatic nitrogens is 1. The molecule has 1 amide bonds. The number of nitrogens with zero attached hydrogens (tertiary/aromatic N) is 1. The van der Waals surface area contributed by atoms with Crippen LogP contribution in [0.25, 0.3) is 11.1 Å². The average molecular weight is 469 g/mol. The lowest BCUT2D eigenvalue weighted by Gasteiger charge is -2.23. The normalized spacial score (nSPS) is 19.8. The Bertz CT molecular complexity index is 1180. The predicted octanol–water partition coefficient (Wildman–Crippen LogP) is 4.12. The third kappa shape index (κ3) is 4.59. The summed E-state index contributed by atoms with van der Waals surface area (Å²) in [7, 11) is 1.29. The van der Waals surface area contributed by atoms with Crippen molar-refractivity contribution in [1.82, 2.24) is 4.98 Å². The molecule has 8 heteroatoms. The van der Waals surface area contributed by atoms with Gasteiger partial charge in [-0.05, 0) is 51.1 Å². The van der Waals surface area contributed by atoms with Crippen LogP contribution in [0.3, 0.4) is 0 Å². The van der Waals surface area contributed by atoms with E-state index in [2.05, 4.69) is 10.3 Å². The highest BCUT2D eigenvalue weighted by Gasteiger charge is 2.38. The number of halogens is 1. The molecule has 1 aromatic carbocycles. The third-order valence-electron chi connectivity index (χ3n) is 5.91. The molecule has 2 aromatic rings. The molecule has 2 aliphatic rings. The van der Waals surface area contributed by atoms with Crippen LogP contribution in [-0.4, -0.2) is 40.8 Å². The van der Waals surface area contributed by atoms with Crippen molar-refractivity contribution < 1.29 is 28.6 Å². The fraction of sp³-hybridized carbons (Fsp3) is 0.346. The number of aliphatic hydroxyl groups is 1. The van der Waals surface area contributed by atoms with E-state index in [9.17, 15) is 19.1 Å². The zero-order valence-electron chi connectivity index (χ0n) is 18.8. The van der Waals surface area contributed by atoms with Crippen LogP contribution >= 0.6 is 0 Å². The number of hydrogen-bond donors (Lipinski definition) is 2. The smallest absolute Gasteiger partial charge is 0.311 e. The molecule has 0 radical (unpaired) electrons. The summed E-state index contributed by atoms with van der Waals surface area (Å²) in [4.78, 5) is 29.0. The van der Waals surface area contributed by atoms with Crippen molar-refractivity contribution in [1.29, 1.82) is 0 Å². The minimum atomic E-state index is -0.869. The number of anilines is 1. The maximum absolute atomic E-state index is 13.6. The molecule has 2 N–H and O–H groups in total. The molecule has 0 saturated carbocycles. The van der Waals surface area contributed by atoms with Crippen molar-refractivity contribution in [2.24, 2.45) is 5.92 Å². The van der Waals surface area contributed by atoms with Gasteiger partial charge in [-0.15, -0.1) is 0 Å². The van der Waals surface area contributed by atoms with Gasteiger partial charge in [-0.3, -0.25) is 14.6 Å². The second kappa shape index (κ2) is 9.38. The monoisotopic (exact) mass is 468 g/mol. The zero-order valence-corrected chi connectivity index (χ0v) is 18.8. The van der Waals surface area contributed by atoms with Crippen LogP contribution in [0.1, 0.15) is 45.0 Å². The number of rotatable bonds is 5. The molecule has 4 rings (SSSR count). The van der Waals surface area contributed by atoms with Gasteiger partial charge in [0.15, 0.2) is 0 Å². The lowest BCUT2D eigenvalue weighted by atomic mass is 9.92. The number of carbonyl (C=O) groups excluding carboxylic acids is 2. The Morgan fingerprint density at radius 3 is 2.65 bits per heavy atom. The summed E-state index contributed by atoms with van der Waals surface area (Å²) in [5.74, 6) is -1.57. The van der Waals surface area contributed by atoms with Crippen molar-refractivity contribution in [2.75, 3.05) is 12.4 Å². The second-order valence-electron chi connectivity index (χ2n) is 8.67. The molecular weight excluding hydrogens is 439 g/mol. The third-order valence-corrected chi connectivity index (χ3v) is 5.91. The lowest BCUT2D eigenvalue weighted by molar-refractivity contribution is -0.149. The number of esters is 1. The van der Waals surface area contributed by atoms with Gasteiger partial charge < -0.3 is 19.9 Å². The van der Waals surface area contributed by atoms with Gasteiger partial charge in [0.1, 0.15) is 17.2 Å². The van der Waals surface area contributed by atoms with Gasteiger partial charge >= 0.3 is 5.97 Å². The molecule has 7 nitrogen and oxygen atoms in total. The van der Waals surface area contributed by atoms with Crippen LogP contribution in [0.2, 0.25) is 0 Å². The van der Waals surface area contributed by atoms with Gasteiger partial charge in [-0.2, -0.15) is 0 Å². The number of hydrogen-bond acceptors (Lipinski definition) is 6. The average Bonchev–Trinajstić information content (AvgIpc) is 3.25. The summed E-state index contributed by atoms with van der Waals surface area (Å²) in [5, 5.41) is 12.6. The number of methoxy groups -OCH3 is 1. The number of pyridine rings is 1. The molecule has 2 atom stereocenters. The van der Waals surface area contributed by atoms with E-state index in [0.717, 1.165) is 11.1 Å². The van der Waals surface area contributed by atoms with Crippen molar-refractivity contribution in [2.45, 2.75) is 46.3 Å². The lowest BCUT2D eigenvalue weighted by Crippen LogP contribution is -2.29. The summed E-state index contributed by atoms with van der Waals surface area (Å²) in [6.45, 7) is 5.32. The van der Waals surface area contributed by atoms with Crippen molar-refractivity contribution in [3.8, 4) is 0 Å². The maximum Gasteiger partial charge on any atom is 0.311 e. The number of benzene rings is 1. The quantitative estimate of drug-likeness (QED) is 0.506. The molecule has 2 aliphatic heterocycles. The van der Waals surface area contributed by atoms with Crippen LogP contribution in [0.4, 0.5) is 10.1 Å². The van der Waals surface area contributed by atoms with Gasteiger partial charge in [-0.25, -0.2) is 4.39 Å². The van der Waals surface area contributed by atoms with E-state index in [1.807, 2.05) is 19.9 Å². The number of allylic oxidation sites excluding steroid dienone is 1. The van der Waals surface area contributed by atoms with Crippen LogP contribution in [-0.2, 0) is 25.5 Å². The molecular formula is C26H29FN2O5. The molecule has 0 spiro atoms. The van der Waals surface area contributed by atoms with Crippen molar-refractivity contribution >= 4 is 28.7 Å². The Kier molecular flexibility index (Phi) is 6.93. The topological polar surface area (TPSA) is 97.8 Å². The minimum absolute atomic E-state index is 0. The van der Waals surface area contributed by atoms with Crippen molar-refractivity contribution in [3.63, 3.8) is 0 Å². The summed E-state index contributed by atoms with van der Waals surface area (Å²) in [6, 6.07) is 7.80. The first-order valence-corrected chi connectivity index (χ1v) is 10.6. The van der Waals surface area contributed by atoms with Crippen LogP contribution < -0.4 is 5.32 Å². The van der Waals surface area contributed by atoms with Gasteiger partial charge in [0.25, 0.3) is 5.91 Å². The van der Waals surface area contributed by atoms with Crippen LogP contribution in [0.5, 0.6) is 0 Å². The number of fused-ring (bicyclic) bond motifs is 1. The Morgan fingerprint density at radius 1 is 1.29 bits per heavy atom. The fourth-order valence-corrected chi connectivity index (χ4v) is 4.14. The summed E-state index contributed by atoms with van der Waals surface area (Å²) in [5.41, 5.74) is 2.88. The Morgan fingerprint density at radius 2 is 2.03 bits per heavy atom. The van der Waals surface area contributed by atoms with E-state index in [4.69, 9.17) is 9.47 Å². The maximum atomic E-state index is 13.6. The number of nitrogens with one attached hydrogen (secondary N) is 1. The molecule has 34 heavy (non-hydrogen) atoms. The first kappa shape index (κ1) is 25.1. The largest absolute Gasteiger partial charge is 0.482 e. The van der Waals surface area contributed by atoms with E-state index in [0.29, 0.717) is 28.3 Å². The molecule has 0 fully saturated rings. The van der Waals surface area contributed by atoms with Crippen LogP contribution in [0, 0.1) is 11.7 Å². The first-order chi connectivity index (χ1) is 15.6. The highest BCUT2D eigenvalue weighted by molar-refractivity contribution is 6.32. The van der Waals surface area contributed by atoms with Gasteiger partial charge in [0, 0.05) is 35.0 Å². The summed E-state index contributed by atoms with van der Waals surface area (Å²) in [6.07, 6.45) is 2.85. The van der Waals surface area contributed by atoms with E-state index < -0.39 is 29.4 Å². The summed E-state index contributed by atoms with van der Waals surface area (Å²) < 4.78 is 24.5. The molecule has 0 saturated heterocycles. The number of aliphatic hydroxyl groups excluding tert-OH is 1. The molecule has 180 valence electrons. The van der Waals surface area contributed by atoms with Crippen LogP contribution in [0.15, 0.2) is 48.4 Å². The second-order valence-corrected chi connectivity index (χ2v) is 8.67. The molecule has 0 unspecified atom stereocenters. The van der Waals surface area contributed by atoms with E-state index in [1.165, 1.54) is 19.2 Å². The first-order valence-electron chi connectivity index (χ1n) is 10.6. The molecule has 1 aromatic heterocycles.